The van der Waals surface area contributed by atoms with Crippen molar-refractivity contribution in [3.63, 3.8) is 0 Å². The van der Waals surface area contributed by atoms with Crippen LogP contribution in [0.4, 0.5) is 5.69 Å². The molecule has 0 N–H and O–H groups in total. The summed E-state index contributed by atoms with van der Waals surface area (Å²) in [5, 5.41) is 0. The van der Waals surface area contributed by atoms with Gasteiger partial charge in [0.2, 0.25) is 15.9 Å². The molecule has 8 nitrogen and oxygen atoms in total. The zero-order valence-electron chi connectivity index (χ0n) is 18.8. The van der Waals surface area contributed by atoms with Gasteiger partial charge in [0.15, 0.2) is 0 Å². The lowest BCUT2D eigenvalue weighted by molar-refractivity contribution is -0.122. The molecule has 9 heteroatoms. The number of sulfonamides is 1. The Labute approximate surface area is 194 Å². The third-order valence-corrected chi connectivity index (χ3v) is 7.80. The molecule has 2 saturated heterocycles. The fourth-order valence-electron chi connectivity index (χ4n) is 4.20. The van der Waals surface area contributed by atoms with Crippen LogP contribution in [0.5, 0.6) is 5.75 Å². The molecule has 0 spiro atoms. The van der Waals surface area contributed by atoms with Crippen LogP contribution >= 0.6 is 0 Å². The molecule has 0 radical (unpaired) electrons. The van der Waals surface area contributed by atoms with E-state index in [1.807, 2.05) is 13.8 Å². The first-order chi connectivity index (χ1) is 15.8. The quantitative estimate of drug-likeness (QED) is 0.549. The molecule has 2 fully saturated rings. The Morgan fingerprint density at radius 3 is 2.39 bits per heavy atom. The Bertz CT molecular complexity index is 1110. The summed E-state index contributed by atoms with van der Waals surface area (Å²) in [6.07, 6.45) is 1.01. The van der Waals surface area contributed by atoms with Crippen LogP contribution in [0.25, 0.3) is 0 Å². The molecule has 4 rings (SSSR count). The minimum absolute atomic E-state index is 0.0248. The average molecular weight is 473 g/mol. The molecule has 0 bridgehead atoms. The van der Waals surface area contributed by atoms with Crippen LogP contribution in [-0.4, -0.2) is 56.4 Å². The van der Waals surface area contributed by atoms with Crippen molar-refractivity contribution in [2.45, 2.75) is 50.2 Å². The zero-order chi connectivity index (χ0) is 23.6. The van der Waals surface area contributed by atoms with Gasteiger partial charge in [-0.05, 0) is 63.1 Å². The first-order valence-corrected chi connectivity index (χ1v) is 12.5. The Morgan fingerprint density at radius 2 is 1.79 bits per heavy atom. The van der Waals surface area contributed by atoms with Gasteiger partial charge in [-0.1, -0.05) is 17.7 Å². The Hall–Kier alpha value is -2.75. The third-order valence-electron chi connectivity index (χ3n) is 5.91. The molecule has 2 aromatic carbocycles. The van der Waals surface area contributed by atoms with Crippen LogP contribution in [0.1, 0.15) is 31.7 Å². The molecular weight excluding hydrogens is 444 g/mol. The van der Waals surface area contributed by atoms with Crippen molar-refractivity contribution in [2.24, 2.45) is 0 Å². The van der Waals surface area contributed by atoms with Gasteiger partial charge in [-0.25, -0.2) is 13.3 Å². The van der Waals surface area contributed by atoms with E-state index >= 15 is 0 Å². The number of anilines is 1. The predicted molar refractivity (Wildman–Crippen MR) is 123 cm³/mol. The number of imide groups is 1. The van der Waals surface area contributed by atoms with E-state index in [1.165, 1.54) is 12.1 Å². The highest BCUT2D eigenvalue weighted by atomic mass is 32.2. The maximum Gasteiger partial charge on any atom is 0.252 e. The highest BCUT2D eigenvalue weighted by Gasteiger charge is 2.47. The van der Waals surface area contributed by atoms with Gasteiger partial charge in [-0.15, -0.1) is 0 Å². The summed E-state index contributed by atoms with van der Waals surface area (Å²) in [5.41, 5.74) is 1.31. The van der Waals surface area contributed by atoms with E-state index in [4.69, 9.17) is 9.47 Å². The van der Waals surface area contributed by atoms with Crippen molar-refractivity contribution in [2.75, 3.05) is 24.7 Å². The lowest BCUT2D eigenvalue weighted by Crippen LogP contribution is -2.48. The molecule has 2 amide bonds. The van der Waals surface area contributed by atoms with E-state index in [1.54, 1.807) is 36.4 Å². The van der Waals surface area contributed by atoms with Crippen molar-refractivity contribution >= 4 is 27.5 Å². The second kappa shape index (κ2) is 9.62. The van der Waals surface area contributed by atoms with E-state index in [0.29, 0.717) is 31.1 Å². The molecule has 2 heterocycles. The van der Waals surface area contributed by atoms with Gasteiger partial charge in [-0.3, -0.25) is 9.59 Å². The van der Waals surface area contributed by atoms with Gasteiger partial charge in [-0.2, -0.15) is 4.31 Å². The Kier molecular flexibility index (Phi) is 6.83. The van der Waals surface area contributed by atoms with Crippen LogP contribution in [0.15, 0.2) is 53.4 Å². The Morgan fingerprint density at radius 1 is 1.09 bits per heavy atom. The largest absolute Gasteiger partial charge is 0.494 e. The molecule has 2 aromatic rings. The highest BCUT2D eigenvalue weighted by molar-refractivity contribution is 7.89. The number of hydrogen-bond donors (Lipinski definition) is 0. The van der Waals surface area contributed by atoms with E-state index in [-0.39, 0.29) is 24.0 Å². The number of carbonyl (C=O) groups is 2. The topological polar surface area (TPSA) is 93.2 Å². The second-order valence-electron chi connectivity index (χ2n) is 8.24. The molecule has 176 valence electrons. The number of ether oxygens (including phenoxy) is 2. The van der Waals surface area contributed by atoms with Gasteiger partial charge >= 0.3 is 0 Å². The minimum atomic E-state index is -4.03. The Balaban J connectivity index is 1.65. The zero-order valence-corrected chi connectivity index (χ0v) is 19.6. The fraction of sp³-hybridized carbons (Fsp3) is 0.417. The summed E-state index contributed by atoms with van der Waals surface area (Å²) >= 11 is 0. The van der Waals surface area contributed by atoms with E-state index in [2.05, 4.69) is 0 Å². The van der Waals surface area contributed by atoms with E-state index in [9.17, 15) is 18.0 Å². The molecular formula is C24H28N2O6S. The molecule has 2 atom stereocenters. The number of rotatable bonds is 8. The normalized spacial score (nSPS) is 21.2. The molecule has 2 unspecified atom stereocenters. The summed E-state index contributed by atoms with van der Waals surface area (Å²) in [6.45, 7) is 4.81. The fourth-order valence-corrected chi connectivity index (χ4v) is 5.81. The van der Waals surface area contributed by atoms with Gasteiger partial charge in [0.05, 0.1) is 29.7 Å². The lowest BCUT2D eigenvalue weighted by atomic mass is 10.2. The summed E-state index contributed by atoms with van der Waals surface area (Å²) in [4.78, 5) is 27.4. The van der Waals surface area contributed by atoms with Crippen LogP contribution < -0.4 is 9.64 Å². The number of hydrogen-bond acceptors (Lipinski definition) is 6. The molecule has 2 aliphatic heterocycles. The molecule has 0 aromatic heterocycles. The number of aryl methyl sites for hydroxylation is 1. The SMILES string of the molecule is CCOc1ccc(N2C(=O)CC(N(CC3CCCO3)S(=O)(=O)c3ccc(C)cc3)C2=O)cc1. The van der Waals surface area contributed by atoms with Gasteiger partial charge in [0.1, 0.15) is 11.8 Å². The average Bonchev–Trinajstić information content (AvgIpc) is 3.41. The van der Waals surface area contributed by atoms with Gasteiger partial charge < -0.3 is 9.47 Å². The van der Waals surface area contributed by atoms with Crippen LogP contribution in [-0.2, 0) is 24.3 Å². The molecule has 2 aliphatic rings. The van der Waals surface area contributed by atoms with Crippen molar-refractivity contribution < 1.29 is 27.5 Å². The summed E-state index contributed by atoms with van der Waals surface area (Å²) in [6, 6.07) is 12.0. The first-order valence-electron chi connectivity index (χ1n) is 11.1. The van der Waals surface area contributed by atoms with Crippen LogP contribution in [0, 0.1) is 6.92 Å². The summed E-state index contributed by atoms with van der Waals surface area (Å²) in [5.74, 6) is -0.373. The number of carbonyl (C=O) groups excluding carboxylic acids is 2. The van der Waals surface area contributed by atoms with E-state index in [0.717, 1.165) is 21.2 Å². The van der Waals surface area contributed by atoms with E-state index < -0.39 is 27.9 Å². The van der Waals surface area contributed by atoms with Crippen molar-refractivity contribution in [3.8, 4) is 5.75 Å². The van der Waals surface area contributed by atoms with Crippen molar-refractivity contribution in [3.05, 3.63) is 54.1 Å². The maximum atomic E-state index is 13.6. The molecule has 33 heavy (non-hydrogen) atoms. The maximum absolute atomic E-state index is 13.6. The molecule has 0 saturated carbocycles. The highest BCUT2D eigenvalue weighted by Crippen LogP contribution is 2.31. The monoisotopic (exact) mass is 472 g/mol. The second-order valence-corrected chi connectivity index (χ2v) is 10.1. The predicted octanol–water partition coefficient (Wildman–Crippen LogP) is 2.90. The summed E-state index contributed by atoms with van der Waals surface area (Å²) < 4.78 is 39.5. The van der Waals surface area contributed by atoms with Crippen LogP contribution in [0.2, 0.25) is 0 Å². The lowest BCUT2D eigenvalue weighted by Gasteiger charge is -2.29. The minimum Gasteiger partial charge on any atom is -0.494 e. The molecule has 0 aliphatic carbocycles. The first kappa shape index (κ1) is 23.4. The van der Waals surface area contributed by atoms with Crippen molar-refractivity contribution in [1.82, 2.24) is 4.31 Å². The van der Waals surface area contributed by atoms with Gasteiger partial charge in [0, 0.05) is 13.2 Å². The number of amides is 2. The number of benzene rings is 2. The number of nitrogens with zero attached hydrogens (tertiary/aromatic N) is 2. The standard InChI is InChI=1S/C24H28N2O6S/c1-3-31-19-10-8-18(9-11-19)26-23(27)15-22(24(26)28)25(16-20-5-4-14-32-20)33(29,30)21-12-6-17(2)7-13-21/h6-13,20,22H,3-5,14-16H2,1-2H3. The van der Waals surface area contributed by atoms with Crippen molar-refractivity contribution in [1.29, 1.82) is 0 Å². The van der Waals surface area contributed by atoms with Gasteiger partial charge in [0.25, 0.3) is 5.91 Å². The van der Waals surface area contributed by atoms with Crippen LogP contribution in [0.3, 0.4) is 0 Å². The summed E-state index contributed by atoms with van der Waals surface area (Å²) in [7, 11) is -4.03. The smallest absolute Gasteiger partial charge is 0.252 e. The third kappa shape index (κ3) is 4.80.